The summed E-state index contributed by atoms with van der Waals surface area (Å²) in [5.41, 5.74) is 2.37. The molecule has 0 radical (unpaired) electrons. The van der Waals surface area contributed by atoms with E-state index >= 15 is 0 Å². The van der Waals surface area contributed by atoms with Gasteiger partial charge in [0, 0.05) is 18.0 Å². The minimum absolute atomic E-state index is 0.0339. The summed E-state index contributed by atoms with van der Waals surface area (Å²) < 4.78 is 1.80. The number of hydrogen-bond donors (Lipinski definition) is 2. The maximum absolute atomic E-state index is 12.6. The number of nitrogens with zero attached hydrogens (tertiary/aromatic N) is 2. The molecule has 1 amide bonds. The summed E-state index contributed by atoms with van der Waals surface area (Å²) in [5, 5.41) is 16.4. The molecule has 1 atom stereocenters. The Bertz CT molecular complexity index is 768. The first kappa shape index (κ1) is 16.0. The number of aliphatic hydroxyl groups is 1. The number of aromatic nitrogens is 2. The second-order valence-electron chi connectivity index (χ2n) is 5.52. The Balaban J connectivity index is 1.78. The van der Waals surface area contributed by atoms with Gasteiger partial charge in [-0.1, -0.05) is 42.5 Å². The fourth-order valence-corrected chi connectivity index (χ4v) is 2.52. The second kappa shape index (κ2) is 7.57. The lowest BCUT2D eigenvalue weighted by Crippen LogP contribution is -2.31. The van der Waals surface area contributed by atoms with Crippen LogP contribution in [0.15, 0.2) is 73.1 Å². The molecule has 5 nitrogen and oxygen atoms in total. The van der Waals surface area contributed by atoms with E-state index < -0.39 is 0 Å². The highest BCUT2D eigenvalue weighted by Crippen LogP contribution is 2.16. The highest BCUT2D eigenvalue weighted by Gasteiger charge is 2.16. The first-order chi connectivity index (χ1) is 11.8. The molecule has 0 bridgehead atoms. The summed E-state index contributed by atoms with van der Waals surface area (Å²) in [6.45, 7) is 0.519. The summed E-state index contributed by atoms with van der Waals surface area (Å²) in [4.78, 5) is 12.6. The van der Waals surface area contributed by atoms with Crippen molar-refractivity contribution in [2.24, 2.45) is 0 Å². The quantitative estimate of drug-likeness (QED) is 0.733. The second-order valence-corrected chi connectivity index (χ2v) is 5.52. The molecule has 1 heterocycles. The number of benzene rings is 2. The van der Waals surface area contributed by atoms with Gasteiger partial charge in [0.1, 0.15) is 0 Å². The van der Waals surface area contributed by atoms with E-state index in [1.165, 1.54) is 0 Å². The van der Waals surface area contributed by atoms with E-state index in [0.717, 1.165) is 11.1 Å². The minimum Gasteiger partial charge on any atom is -0.392 e. The highest BCUT2D eigenvalue weighted by atomic mass is 16.3. The van der Waals surface area contributed by atoms with Crippen LogP contribution in [-0.2, 0) is 13.2 Å². The molecule has 2 aromatic carbocycles. The molecule has 0 fully saturated rings. The molecule has 0 aliphatic carbocycles. The van der Waals surface area contributed by atoms with Gasteiger partial charge in [0.15, 0.2) is 0 Å². The Hall–Kier alpha value is -2.92. The molecule has 122 valence electrons. The number of nitrogens with one attached hydrogen (secondary N) is 1. The van der Waals surface area contributed by atoms with Crippen molar-refractivity contribution in [1.29, 1.82) is 0 Å². The molecule has 0 saturated heterocycles. The largest absolute Gasteiger partial charge is 0.392 e. The van der Waals surface area contributed by atoms with E-state index in [2.05, 4.69) is 10.4 Å². The van der Waals surface area contributed by atoms with Crippen LogP contribution in [0.3, 0.4) is 0 Å². The summed E-state index contributed by atoms with van der Waals surface area (Å²) in [5.74, 6) is -0.152. The lowest BCUT2D eigenvalue weighted by molar-refractivity contribution is 0.0931. The highest BCUT2D eigenvalue weighted by molar-refractivity contribution is 5.94. The fraction of sp³-hybridized carbons (Fsp3) is 0.158. The predicted octanol–water partition coefficient (Wildman–Crippen LogP) is 2.55. The van der Waals surface area contributed by atoms with Gasteiger partial charge in [-0.2, -0.15) is 5.10 Å². The van der Waals surface area contributed by atoms with Crippen LogP contribution in [0, 0.1) is 0 Å². The lowest BCUT2D eigenvalue weighted by atomic mass is 10.1. The molecule has 3 aromatic rings. The van der Waals surface area contributed by atoms with Gasteiger partial charge >= 0.3 is 0 Å². The third kappa shape index (κ3) is 3.88. The van der Waals surface area contributed by atoms with Crippen LogP contribution >= 0.6 is 0 Å². The van der Waals surface area contributed by atoms with Gasteiger partial charge in [-0.05, 0) is 29.3 Å². The zero-order valence-corrected chi connectivity index (χ0v) is 13.2. The standard InChI is InChI=1S/C19H19N3O2/c23-14-15-7-9-17(10-8-15)19(24)21-18(13-22-12-4-11-20-22)16-5-2-1-3-6-16/h1-12,18,23H,13-14H2,(H,21,24). The molecule has 2 N–H and O–H groups in total. The zero-order valence-electron chi connectivity index (χ0n) is 13.2. The minimum atomic E-state index is -0.184. The smallest absolute Gasteiger partial charge is 0.251 e. The maximum atomic E-state index is 12.6. The van der Waals surface area contributed by atoms with Crippen molar-refractivity contribution in [3.63, 3.8) is 0 Å². The molecular formula is C19H19N3O2. The van der Waals surface area contributed by atoms with E-state index in [4.69, 9.17) is 5.11 Å². The molecule has 24 heavy (non-hydrogen) atoms. The van der Waals surface area contributed by atoms with Crippen molar-refractivity contribution in [2.45, 2.75) is 19.2 Å². The van der Waals surface area contributed by atoms with E-state index in [9.17, 15) is 4.79 Å². The molecule has 0 spiro atoms. The molecule has 3 rings (SSSR count). The van der Waals surface area contributed by atoms with Crippen molar-refractivity contribution >= 4 is 5.91 Å². The zero-order chi connectivity index (χ0) is 16.8. The summed E-state index contributed by atoms with van der Waals surface area (Å²) in [6.07, 6.45) is 3.59. The molecular weight excluding hydrogens is 302 g/mol. The maximum Gasteiger partial charge on any atom is 0.251 e. The number of carbonyl (C=O) groups excluding carboxylic acids is 1. The normalized spacial score (nSPS) is 11.9. The van der Waals surface area contributed by atoms with Gasteiger partial charge in [-0.15, -0.1) is 0 Å². The van der Waals surface area contributed by atoms with Gasteiger partial charge in [0.25, 0.3) is 5.91 Å². The Kier molecular flexibility index (Phi) is 5.03. The number of hydrogen-bond acceptors (Lipinski definition) is 3. The van der Waals surface area contributed by atoms with Crippen molar-refractivity contribution in [3.05, 3.63) is 89.7 Å². The van der Waals surface area contributed by atoms with E-state index in [-0.39, 0.29) is 18.6 Å². The Morgan fingerprint density at radius 1 is 1.08 bits per heavy atom. The van der Waals surface area contributed by atoms with Crippen LogP contribution in [0.1, 0.15) is 27.5 Å². The SMILES string of the molecule is O=C(NC(Cn1cccn1)c1ccccc1)c1ccc(CO)cc1. The summed E-state index contributed by atoms with van der Waals surface area (Å²) >= 11 is 0. The number of aliphatic hydroxyl groups excluding tert-OH is 1. The van der Waals surface area contributed by atoms with Gasteiger partial charge in [0.05, 0.1) is 19.2 Å². The van der Waals surface area contributed by atoms with Gasteiger partial charge in [0.2, 0.25) is 0 Å². The monoisotopic (exact) mass is 321 g/mol. The molecule has 0 aliphatic rings. The first-order valence-corrected chi connectivity index (χ1v) is 7.79. The molecule has 1 unspecified atom stereocenters. The van der Waals surface area contributed by atoms with Crippen LogP contribution in [0.5, 0.6) is 0 Å². The Morgan fingerprint density at radius 2 is 1.83 bits per heavy atom. The van der Waals surface area contributed by atoms with Crippen molar-refractivity contribution in [3.8, 4) is 0 Å². The summed E-state index contributed by atoms with van der Waals surface area (Å²) in [7, 11) is 0. The van der Waals surface area contributed by atoms with E-state index in [1.54, 1.807) is 35.1 Å². The van der Waals surface area contributed by atoms with Crippen LogP contribution in [0.2, 0.25) is 0 Å². The topological polar surface area (TPSA) is 67.2 Å². The van der Waals surface area contributed by atoms with E-state index in [0.29, 0.717) is 12.1 Å². The van der Waals surface area contributed by atoms with Crippen molar-refractivity contribution in [2.75, 3.05) is 0 Å². The third-order valence-electron chi connectivity index (χ3n) is 3.83. The van der Waals surface area contributed by atoms with Crippen LogP contribution in [-0.4, -0.2) is 20.8 Å². The van der Waals surface area contributed by atoms with E-state index in [1.807, 2.05) is 42.6 Å². The molecule has 0 aliphatic heterocycles. The first-order valence-electron chi connectivity index (χ1n) is 7.79. The number of rotatable bonds is 6. The van der Waals surface area contributed by atoms with Gasteiger partial charge in [-0.25, -0.2) is 0 Å². The number of carbonyl (C=O) groups is 1. The number of amides is 1. The van der Waals surface area contributed by atoms with Crippen LogP contribution in [0.4, 0.5) is 0 Å². The molecule has 0 saturated carbocycles. The van der Waals surface area contributed by atoms with Gasteiger partial charge in [-0.3, -0.25) is 9.48 Å². The average Bonchev–Trinajstić information content (AvgIpc) is 3.15. The predicted molar refractivity (Wildman–Crippen MR) is 91.2 cm³/mol. The average molecular weight is 321 g/mol. The molecule has 1 aromatic heterocycles. The fourth-order valence-electron chi connectivity index (χ4n) is 2.52. The Morgan fingerprint density at radius 3 is 2.46 bits per heavy atom. The van der Waals surface area contributed by atoms with Crippen molar-refractivity contribution < 1.29 is 9.90 Å². The summed E-state index contributed by atoms with van der Waals surface area (Å²) in [6, 6.07) is 18.4. The Labute approximate surface area is 140 Å². The van der Waals surface area contributed by atoms with Crippen molar-refractivity contribution in [1.82, 2.24) is 15.1 Å². The van der Waals surface area contributed by atoms with Gasteiger partial charge < -0.3 is 10.4 Å². The van der Waals surface area contributed by atoms with Crippen LogP contribution in [0.25, 0.3) is 0 Å². The lowest BCUT2D eigenvalue weighted by Gasteiger charge is -2.19. The third-order valence-corrected chi connectivity index (χ3v) is 3.83. The van der Waals surface area contributed by atoms with Crippen LogP contribution < -0.4 is 5.32 Å². The molecule has 5 heteroatoms.